The number of allylic oxidation sites excluding steroid dienone is 10. The van der Waals surface area contributed by atoms with Crippen LogP contribution >= 0.6 is 0 Å². The maximum Gasteiger partial charge on any atom is 0.306 e. The zero-order valence-electron chi connectivity index (χ0n) is 44.4. The molecule has 0 bridgehead atoms. The molecule has 1 atom stereocenters. The van der Waals surface area contributed by atoms with Crippen LogP contribution in [0, 0.1) is 0 Å². The minimum absolute atomic E-state index is 0.0818. The van der Waals surface area contributed by atoms with Crippen LogP contribution < -0.4 is 0 Å². The molecule has 0 aromatic rings. The molecular formula is C61H108O6. The summed E-state index contributed by atoms with van der Waals surface area (Å²) < 4.78 is 16.9. The van der Waals surface area contributed by atoms with E-state index < -0.39 is 6.10 Å². The molecule has 0 heterocycles. The molecule has 0 fully saturated rings. The van der Waals surface area contributed by atoms with Gasteiger partial charge in [-0.2, -0.15) is 0 Å². The van der Waals surface area contributed by atoms with E-state index in [0.29, 0.717) is 19.3 Å². The van der Waals surface area contributed by atoms with Crippen molar-refractivity contribution in [1.82, 2.24) is 0 Å². The largest absolute Gasteiger partial charge is 0.462 e. The summed E-state index contributed by atoms with van der Waals surface area (Å²) >= 11 is 0. The Hall–Kier alpha value is -2.89. The number of carbonyl (C=O) groups excluding carboxylic acids is 3. The van der Waals surface area contributed by atoms with E-state index >= 15 is 0 Å². The molecule has 0 aromatic carbocycles. The molecule has 6 heteroatoms. The minimum Gasteiger partial charge on any atom is -0.462 e. The lowest BCUT2D eigenvalue weighted by atomic mass is 10.0. The number of carbonyl (C=O) groups is 3. The summed E-state index contributed by atoms with van der Waals surface area (Å²) in [5, 5.41) is 0. The lowest BCUT2D eigenvalue weighted by molar-refractivity contribution is -0.167. The Kier molecular flexibility index (Phi) is 53.3. The molecule has 1 unspecified atom stereocenters. The van der Waals surface area contributed by atoms with Crippen molar-refractivity contribution in [1.29, 1.82) is 0 Å². The van der Waals surface area contributed by atoms with Gasteiger partial charge in [0.15, 0.2) is 6.10 Å². The molecule has 0 rings (SSSR count). The van der Waals surface area contributed by atoms with E-state index in [2.05, 4.69) is 63.3 Å². The fraction of sp³-hybridized carbons (Fsp3) is 0.787. The third kappa shape index (κ3) is 53.9. The molecule has 388 valence electrons. The Balaban J connectivity index is 4.39. The van der Waals surface area contributed by atoms with Crippen molar-refractivity contribution in [3.8, 4) is 0 Å². The number of unbranched alkanes of at least 4 members (excludes halogenated alkanes) is 34. The average molecular weight is 938 g/mol. The van der Waals surface area contributed by atoms with Gasteiger partial charge in [-0.25, -0.2) is 0 Å². The smallest absolute Gasteiger partial charge is 0.306 e. The highest BCUT2D eigenvalue weighted by atomic mass is 16.6. The fourth-order valence-corrected chi connectivity index (χ4v) is 8.27. The maximum atomic E-state index is 12.9. The van der Waals surface area contributed by atoms with Crippen LogP contribution in [0.4, 0.5) is 0 Å². The first-order valence-electron chi connectivity index (χ1n) is 28.8. The third-order valence-electron chi connectivity index (χ3n) is 12.6. The third-order valence-corrected chi connectivity index (χ3v) is 12.6. The molecule has 0 aromatic heterocycles. The summed E-state index contributed by atoms with van der Waals surface area (Å²) in [6.45, 7) is 6.51. The summed E-state index contributed by atoms with van der Waals surface area (Å²) in [5.74, 6) is -0.896. The van der Waals surface area contributed by atoms with Gasteiger partial charge in [0.05, 0.1) is 0 Å². The predicted molar refractivity (Wildman–Crippen MR) is 288 cm³/mol. The van der Waals surface area contributed by atoms with Gasteiger partial charge in [-0.3, -0.25) is 14.4 Å². The van der Waals surface area contributed by atoms with Crippen LogP contribution in [0.1, 0.15) is 290 Å². The first-order valence-corrected chi connectivity index (χ1v) is 28.8. The van der Waals surface area contributed by atoms with Gasteiger partial charge in [0.25, 0.3) is 0 Å². The second-order valence-corrected chi connectivity index (χ2v) is 19.3. The van der Waals surface area contributed by atoms with Gasteiger partial charge in [-0.1, -0.05) is 268 Å². The van der Waals surface area contributed by atoms with E-state index in [4.69, 9.17) is 14.2 Å². The summed E-state index contributed by atoms with van der Waals surface area (Å²) in [4.78, 5) is 38.2. The Bertz CT molecular complexity index is 1210. The van der Waals surface area contributed by atoms with Crippen molar-refractivity contribution in [3.63, 3.8) is 0 Å². The Morgan fingerprint density at radius 1 is 0.313 bits per heavy atom. The van der Waals surface area contributed by atoms with Gasteiger partial charge in [-0.05, 0) is 64.2 Å². The number of hydrogen-bond acceptors (Lipinski definition) is 6. The van der Waals surface area contributed by atoms with E-state index in [1.807, 2.05) is 18.2 Å². The van der Waals surface area contributed by atoms with Crippen LogP contribution in [0.5, 0.6) is 0 Å². The molecule has 0 saturated heterocycles. The van der Waals surface area contributed by atoms with Gasteiger partial charge < -0.3 is 14.2 Å². The quantitative estimate of drug-likeness (QED) is 0.0199. The summed E-state index contributed by atoms with van der Waals surface area (Å²) in [6, 6.07) is 0. The first-order chi connectivity index (χ1) is 33.0. The molecule has 0 N–H and O–H groups in total. The molecule has 67 heavy (non-hydrogen) atoms. The number of ether oxygens (including phenoxy) is 3. The molecule has 0 aliphatic heterocycles. The monoisotopic (exact) mass is 937 g/mol. The highest BCUT2D eigenvalue weighted by Crippen LogP contribution is 2.16. The molecule has 0 aliphatic rings. The molecular weight excluding hydrogens is 829 g/mol. The second-order valence-electron chi connectivity index (χ2n) is 19.3. The predicted octanol–water partition coefficient (Wildman–Crippen LogP) is 19.2. The number of rotatable bonds is 52. The zero-order valence-corrected chi connectivity index (χ0v) is 44.4. The highest BCUT2D eigenvalue weighted by Gasteiger charge is 2.19. The summed E-state index contributed by atoms with van der Waals surface area (Å²) in [5.41, 5.74) is 0. The number of hydrogen-bond donors (Lipinski definition) is 0. The first kappa shape index (κ1) is 64.1. The molecule has 0 amide bonds. The maximum absolute atomic E-state index is 12.9. The fourth-order valence-electron chi connectivity index (χ4n) is 8.27. The van der Waals surface area contributed by atoms with Crippen LogP contribution in [-0.2, 0) is 28.6 Å². The van der Waals surface area contributed by atoms with Gasteiger partial charge in [-0.15, -0.1) is 0 Å². The van der Waals surface area contributed by atoms with Crippen LogP contribution in [0.15, 0.2) is 60.8 Å². The van der Waals surface area contributed by atoms with Gasteiger partial charge in [0.2, 0.25) is 0 Å². The second kappa shape index (κ2) is 55.7. The summed E-state index contributed by atoms with van der Waals surface area (Å²) in [6.07, 6.45) is 69.2. The molecule has 0 saturated carbocycles. The molecule has 0 spiro atoms. The standard InChI is InChI=1S/C61H108O6/c1-4-7-10-13-16-19-22-25-28-30-33-36-39-42-45-48-51-54-60(63)66-57-58(56-65-59(62)53-50-47-44-41-38-35-32-27-24-21-18-15-12-9-6-3)67-61(64)55-52-49-46-43-40-37-34-31-29-26-23-20-17-14-11-8-5-2/h9,12,15,18,21,24-25,27-28,32,58H,4-8,10-11,13-14,16-17,19-20,22-23,26,29-31,33-57H2,1-3H3/b12-9-,18-15-,24-21-,28-25-,32-27-. The van der Waals surface area contributed by atoms with Crippen molar-refractivity contribution in [2.45, 2.75) is 297 Å². The van der Waals surface area contributed by atoms with E-state index in [-0.39, 0.29) is 31.1 Å². The van der Waals surface area contributed by atoms with Gasteiger partial charge in [0, 0.05) is 19.3 Å². The Labute approximate surface area is 415 Å². The lowest BCUT2D eigenvalue weighted by Gasteiger charge is -2.18. The van der Waals surface area contributed by atoms with Crippen molar-refractivity contribution in [2.75, 3.05) is 13.2 Å². The molecule has 0 aliphatic carbocycles. The van der Waals surface area contributed by atoms with E-state index in [9.17, 15) is 14.4 Å². The van der Waals surface area contributed by atoms with Crippen LogP contribution in [0.3, 0.4) is 0 Å². The topological polar surface area (TPSA) is 78.9 Å². The van der Waals surface area contributed by atoms with Crippen LogP contribution in [-0.4, -0.2) is 37.2 Å². The van der Waals surface area contributed by atoms with E-state index in [1.165, 1.54) is 167 Å². The molecule has 6 nitrogen and oxygen atoms in total. The normalized spacial score (nSPS) is 12.5. The van der Waals surface area contributed by atoms with Gasteiger partial charge in [0.1, 0.15) is 13.2 Å². The summed E-state index contributed by atoms with van der Waals surface area (Å²) in [7, 11) is 0. The van der Waals surface area contributed by atoms with E-state index in [1.54, 1.807) is 0 Å². The van der Waals surface area contributed by atoms with Crippen LogP contribution in [0.2, 0.25) is 0 Å². The van der Waals surface area contributed by atoms with Crippen LogP contribution in [0.25, 0.3) is 0 Å². The highest BCUT2D eigenvalue weighted by molar-refractivity contribution is 5.71. The van der Waals surface area contributed by atoms with Gasteiger partial charge >= 0.3 is 17.9 Å². The van der Waals surface area contributed by atoms with Crippen molar-refractivity contribution in [2.24, 2.45) is 0 Å². The minimum atomic E-state index is -0.784. The number of esters is 3. The Morgan fingerprint density at radius 2 is 0.597 bits per heavy atom. The van der Waals surface area contributed by atoms with Crippen molar-refractivity contribution in [3.05, 3.63) is 60.8 Å². The molecule has 0 radical (unpaired) electrons. The average Bonchev–Trinajstić information content (AvgIpc) is 3.33. The Morgan fingerprint density at radius 3 is 0.955 bits per heavy atom. The van der Waals surface area contributed by atoms with E-state index in [0.717, 1.165) is 83.5 Å². The zero-order chi connectivity index (χ0) is 48.6. The van der Waals surface area contributed by atoms with Crippen molar-refractivity contribution < 1.29 is 28.6 Å². The SMILES string of the molecule is CC\C=C/C=C\C=C/C=C\CCCCCCCC(=O)OCC(COC(=O)CCCCCCCCC/C=C\CCCCCCCC)OC(=O)CCCCCCCCCCCCCCCCCCC. The van der Waals surface area contributed by atoms with Crippen molar-refractivity contribution >= 4 is 17.9 Å². The lowest BCUT2D eigenvalue weighted by Crippen LogP contribution is -2.30.